The number of piperidine rings is 2. The number of nitrogens with one attached hydrogen (secondary N) is 1. The van der Waals surface area contributed by atoms with E-state index in [4.69, 9.17) is 4.74 Å². The molecule has 4 heterocycles. The van der Waals surface area contributed by atoms with E-state index in [9.17, 15) is 0 Å². The number of aromatic nitrogens is 1. The zero-order valence-electron chi connectivity index (χ0n) is 14.8. The number of hydrogen-bond acceptors (Lipinski definition) is 5. The molecule has 3 aliphatic rings. The van der Waals surface area contributed by atoms with Gasteiger partial charge in [-0.2, -0.15) is 0 Å². The summed E-state index contributed by atoms with van der Waals surface area (Å²) < 4.78 is 6.03. The molecule has 2 atom stereocenters. The highest BCUT2D eigenvalue weighted by Gasteiger charge is 2.31. The van der Waals surface area contributed by atoms with Crippen LogP contribution in [-0.4, -0.2) is 66.2 Å². The Bertz CT molecular complexity index is 527. The molecule has 24 heavy (non-hydrogen) atoms. The predicted octanol–water partition coefficient (Wildman–Crippen LogP) is 2.59. The zero-order chi connectivity index (χ0) is 16.4. The molecule has 0 spiro atoms. The molecule has 3 fully saturated rings. The minimum absolute atomic E-state index is 0.319. The van der Waals surface area contributed by atoms with Crippen LogP contribution in [0.5, 0.6) is 5.88 Å². The van der Waals surface area contributed by atoms with Crippen LogP contribution < -0.4 is 10.1 Å². The van der Waals surface area contributed by atoms with Crippen molar-refractivity contribution in [3.05, 3.63) is 18.3 Å². The van der Waals surface area contributed by atoms with Crippen LogP contribution in [0.1, 0.15) is 38.5 Å². The Kier molecular flexibility index (Phi) is 4.90. The number of likely N-dealkylation sites (tertiary alicyclic amines) is 1. The normalized spacial score (nSPS) is 29.4. The molecule has 0 bridgehead atoms. The SMILES string of the molecule is CN1CCC(Oc2ccc(N[C@H]3CCN4CCC[C@@H]4C3)cn2)CC1. The minimum Gasteiger partial charge on any atom is -0.474 e. The van der Waals surface area contributed by atoms with Crippen molar-refractivity contribution in [1.82, 2.24) is 14.8 Å². The molecule has 1 aromatic rings. The number of nitrogens with zero attached hydrogens (tertiary/aromatic N) is 3. The van der Waals surface area contributed by atoms with Gasteiger partial charge in [-0.15, -0.1) is 0 Å². The molecule has 5 nitrogen and oxygen atoms in total. The first-order valence-electron chi connectivity index (χ1n) is 9.58. The van der Waals surface area contributed by atoms with Gasteiger partial charge < -0.3 is 19.9 Å². The van der Waals surface area contributed by atoms with E-state index in [1.807, 2.05) is 12.3 Å². The highest BCUT2D eigenvalue weighted by molar-refractivity contribution is 5.43. The third-order valence-corrected chi connectivity index (χ3v) is 5.88. The molecule has 1 aromatic heterocycles. The first-order valence-corrected chi connectivity index (χ1v) is 9.58. The Hall–Kier alpha value is -1.33. The summed E-state index contributed by atoms with van der Waals surface area (Å²) in [5.74, 6) is 0.765. The van der Waals surface area contributed by atoms with Crippen LogP contribution in [0.15, 0.2) is 18.3 Å². The molecule has 0 unspecified atom stereocenters. The van der Waals surface area contributed by atoms with E-state index in [0.717, 1.165) is 43.5 Å². The number of ether oxygens (including phenoxy) is 1. The van der Waals surface area contributed by atoms with Crippen LogP contribution in [-0.2, 0) is 0 Å². The van der Waals surface area contributed by atoms with E-state index in [1.165, 1.54) is 38.8 Å². The van der Waals surface area contributed by atoms with E-state index >= 15 is 0 Å². The second-order valence-corrected chi connectivity index (χ2v) is 7.70. The van der Waals surface area contributed by atoms with Gasteiger partial charge in [0.1, 0.15) is 6.10 Å². The van der Waals surface area contributed by atoms with Crippen molar-refractivity contribution in [1.29, 1.82) is 0 Å². The van der Waals surface area contributed by atoms with Crippen molar-refractivity contribution >= 4 is 5.69 Å². The van der Waals surface area contributed by atoms with Crippen molar-refractivity contribution in [3.63, 3.8) is 0 Å². The maximum atomic E-state index is 6.03. The Morgan fingerprint density at radius 1 is 1.08 bits per heavy atom. The topological polar surface area (TPSA) is 40.6 Å². The smallest absolute Gasteiger partial charge is 0.213 e. The van der Waals surface area contributed by atoms with Crippen LogP contribution in [0, 0.1) is 0 Å². The second kappa shape index (κ2) is 7.28. The lowest BCUT2D eigenvalue weighted by Gasteiger charge is -2.35. The first kappa shape index (κ1) is 16.2. The highest BCUT2D eigenvalue weighted by atomic mass is 16.5. The van der Waals surface area contributed by atoms with E-state index < -0.39 is 0 Å². The fourth-order valence-electron chi connectivity index (χ4n) is 4.40. The Balaban J connectivity index is 1.28. The molecule has 0 aromatic carbocycles. The lowest BCUT2D eigenvalue weighted by atomic mass is 9.97. The second-order valence-electron chi connectivity index (χ2n) is 7.70. The summed E-state index contributed by atoms with van der Waals surface area (Å²) in [5, 5.41) is 3.68. The average Bonchev–Trinajstić information content (AvgIpc) is 3.06. The Morgan fingerprint density at radius 3 is 2.75 bits per heavy atom. The van der Waals surface area contributed by atoms with Crippen LogP contribution >= 0.6 is 0 Å². The van der Waals surface area contributed by atoms with Crippen molar-refractivity contribution in [3.8, 4) is 5.88 Å². The largest absolute Gasteiger partial charge is 0.474 e. The highest BCUT2D eigenvalue weighted by Crippen LogP contribution is 2.28. The molecular formula is C19H30N4O. The van der Waals surface area contributed by atoms with Gasteiger partial charge in [-0.05, 0) is 58.2 Å². The molecule has 1 N–H and O–H groups in total. The molecule has 4 rings (SSSR count). The maximum Gasteiger partial charge on any atom is 0.213 e. The predicted molar refractivity (Wildman–Crippen MR) is 96.6 cm³/mol. The van der Waals surface area contributed by atoms with E-state index in [2.05, 4.69) is 33.2 Å². The van der Waals surface area contributed by atoms with Crippen molar-refractivity contribution in [2.45, 2.75) is 56.7 Å². The molecule has 0 saturated carbocycles. The van der Waals surface area contributed by atoms with Gasteiger partial charge in [-0.3, -0.25) is 0 Å². The van der Waals surface area contributed by atoms with E-state index in [-0.39, 0.29) is 0 Å². The standard InChI is InChI=1S/C19H30N4O/c1-22-10-7-18(8-11-22)24-19-5-4-16(14-20-19)21-15-6-12-23-9-2-3-17(23)13-15/h4-5,14-15,17-18,21H,2-3,6-13H2,1H3/t15-,17+/m0/s1. The molecule has 0 aliphatic carbocycles. The van der Waals surface area contributed by atoms with Crippen LogP contribution in [0.4, 0.5) is 5.69 Å². The van der Waals surface area contributed by atoms with Gasteiger partial charge in [0, 0.05) is 37.8 Å². The van der Waals surface area contributed by atoms with Gasteiger partial charge in [-0.25, -0.2) is 4.98 Å². The summed E-state index contributed by atoms with van der Waals surface area (Å²) in [7, 11) is 2.17. The molecule has 0 amide bonds. The van der Waals surface area contributed by atoms with Crippen LogP contribution in [0.2, 0.25) is 0 Å². The molecule has 3 aliphatic heterocycles. The van der Waals surface area contributed by atoms with Gasteiger partial charge in [-0.1, -0.05) is 0 Å². The third-order valence-electron chi connectivity index (χ3n) is 5.88. The Morgan fingerprint density at radius 2 is 1.96 bits per heavy atom. The third kappa shape index (κ3) is 3.83. The Labute approximate surface area is 145 Å². The van der Waals surface area contributed by atoms with Gasteiger partial charge >= 0.3 is 0 Å². The molecule has 132 valence electrons. The summed E-state index contributed by atoms with van der Waals surface area (Å²) in [6, 6.07) is 5.53. The maximum absolute atomic E-state index is 6.03. The lowest BCUT2D eigenvalue weighted by molar-refractivity contribution is 0.110. The fraction of sp³-hybridized carbons (Fsp3) is 0.737. The molecular weight excluding hydrogens is 300 g/mol. The van der Waals surface area contributed by atoms with Crippen LogP contribution in [0.25, 0.3) is 0 Å². The van der Waals surface area contributed by atoms with Crippen LogP contribution in [0.3, 0.4) is 0 Å². The molecule has 3 saturated heterocycles. The number of hydrogen-bond donors (Lipinski definition) is 1. The van der Waals surface area contributed by atoms with Gasteiger partial charge in [0.2, 0.25) is 5.88 Å². The van der Waals surface area contributed by atoms with Crippen molar-refractivity contribution in [2.75, 3.05) is 38.5 Å². The molecule has 5 heteroatoms. The summed E-state index contributed by atoms with van der Waals surface area (Å²) in [4.78, 5) is 9.53. The number of rotatable bonds is 4. The van der Waals surface area contributed by atoms with Crippen molar-refractivity contribution in [2.24, 2.45) is 0 Å². The van der Waals surface area contributed by atoms with E-state index in [1.54, 1.807) is 0 Å². The van der Waals surface area contributed by atoms with Gasteiger partial charge in [0.05, 0.1) is 11.9 Å². The zero-order valence-corrected chi connectivity index (χ0v) is 14.8. The monoisotopic (exact) mass is 330 g/mol. The number of anilines is 1. The molecule has 0 radical (unpaired) electrons. The van der Waals surface area contributed by atoms with E-state index in [0.29, 0.717) is 12.1 Å². The van der Waals surface area contributed by atoms with Gasteiger partial charge in [0.25, 0.3) is 0 Å². The quantitative estimate of drug-likeness (QED) is 0.919. The summed E-state index contributed by atoms with van der Waals surface area (Å²) in [5.41, 5.74) is 1.13. The number of pyridine rings is 1. The minimum atomic E-state index is 0.319. The fourth-order valence-corrected chi connectivity index (χ4v) is 4.40. The summed E-state index contributed by atoms with van der Waals surface area (Å²) >= 11 is 0. The van der Waals surface area contributed by atoms with Gasteiger partial charge in [0.15, 0.2) is 0 Å². The summed E-state index contributed by atoms with van der Waals surface area (Å²) in [6.07, 6.45) is 9.71. The average molecular weight is 330 g/mol. The lowest BCUT2D eigenvalue weighted by Crippen LogP contribution is -2.42. The first-order chi connectivity index (χ1) is 11.8. The number of fused-ring (bicyclic) bond motifs is 1. The van der Waals surface area contributed by atoms with Crippen molar-refractivity contribution < 1.29 is 4.74 Å². The summed E-state index contributed by atoms with van der Waals surface area (Å²) in [6.45, 7) is 4.78.